The summed E-state index contributed by atoms with van der Waals surface area (Å²) in [4.78, 5) is 26.2. The molecule has 2 heterocycles. The Morgan fingerprint density at radius 3 is 2.54 bits per heavy atom. The molecule has 2 aromatic carbocycles. The minimum absolute atomic E-state index is 0.0234. The van der Waals surface area contributed by atoms with Crippen molar-refractivity contribution in [3.63, 3.8) is 0 Å². The zero-order chi connectivity index (χ0) is 27.8. The van der Waals surface area contributed by atoms with Crippen LogP contribution in [-0.2, 0) is 14.3 Å². The standard InChI is InChI=1S/C29H27N3O6S/c1-4-37-29(34)26-25(22-11-8-14-38-22)20(16-30)28(32-27(26)18-9-6-5-7-10-18)39-17-24(33)31-21-13-12-19(35-2)15-23(21)36-3/h5-15,25,32H,4,17H2,1-3H3,(H,31,33)/t25-/m1/s1. The molecule has 9 nitrogen and oxygen atoms in total. The highest BCUT2D eigenvalue weighted by molar-refractivity contribution is 8.03. The van der Waals surface area contributed by atoms with Crippen molar-refractivity contribution in [3.8, 4) is 17.6 Å². The second-order valence-electron chi connectivity index (χ2n) is 8.21. The Morgan fingerprint density at radius 2 is 1.90 bits per heavy atom. The number of allylic oxidation sites excluding steroid dienone is 1. The average Bonchev–Trinajstić information content (AvgIpc) is 3.50. The number of methoxy groups -OCH3 is 2. The van der Waals surface area contributed by atoms with Crippen molar-refractivity contribution in [2.45, 2.75) is 12.8 Å². The van der Waals surface area contributed by atoms with Gasteiger partial charge in [0.15, 0.2) is 0 Å². The first-order valence-electron chi connectivity index (χ1n) is 12.1. The van der Waals surface area contributed by atoms with E-state index in [2.05, 4.69) is 16.7 Å². The fraction of sp³-hybridized carbons (Fsp3) is 0.207. The summed E-state index contributed by atoms with van der Waals surface area (Å²) in [6.07, 6.45) is 1.49. The van der Waals surface area contributed by atoms with Gasteiger partial charge in [0, 0.05) is 6.07 Å². The van der Waals surface area contributed by atoms with Crippen molar-refractivity contribution < 1.29 is 28.2 Å². The molecule has 1 atom stereocenters. The van der Waals surface area contributed by atoms with Crippen molar-refractivity contribution >= 4 is 35.0 Å². The topological polar surface area (TPSA) is 123 Å². The molecule has 0 spiro atoms. The summed E-state index contributed by atoms with van der Waals surface area (Å²) in [5.74, 6) is -0.271. The van der Waals surface area contributed by atoms with Gasteiger partial charge in [0.25, 0.3) is 0 Å². The normalized spacial score (nSPS) is 14.8. The molecule has 3 aromatic rings. The predicted molar refractivity (Wildman–Crippen MR) is 148 cm³/mol. The van der Waals surface area contributed by atoms with Gasteiger partial charge < -0.3 is 29.3 Å². The highest BCUT2D eigenvalue weighted by atomic mass is 32.2. The molecular formula is C29H27N3O6S. The molecule has 4 rings (SSSR count). The number of hydrogen-bond donors (Lipinski definition) is 2. The van der Waals surface area contributed by atoms with Gasteiger partial charge in [-0.25, -0.2) is 4.79 Å². The quantitative estimate of drug-likeness (QED) is 0.336. The molecule has 1 aliphatic rings. The maximum atomic E-state index is 13.2. The molecular weight excluding hydrogens is 518 g/mol. The fourth-order valence-electron chi connectivity index (χ4n) is 4.12. The third kappa shape index (κ3) is 6.10. The average molecular weight is 546 g/mol. The summed E-state index contributed by atoms with van der Waals surface area (Å²) in [5.41, 5.74) is 2.19. The van der Waals surface area contributed by atoms with Gasteiger partial charge >= 0.3 is 5.97 Å². The molecule has 0 unspecified atom stereocenters. The molecule has 39 heavy (non-hydrogen) atoms. The van der Waals surface area contributed by atoms with Gasteiger partial charge in [-0.15, -0.1) is 0 Å². The Labute approximate surface area is 230 Å². The van der Waals surface area contributed by atoms with E-state index in [-0.39, 0.29) is 29.4 Å². The predicted octanol–water partition coefficient (Wildman–Crippen LogP) is 5.07. The molecule has 10 heteroatoms. The highest BCUT2D eigenvalue weighted by Crippen LogP contribution is 2.43. The summed E-state index contributed by atoms with van der Waals surface area (Å²) in [6.45, 7) is 1.88. The number of dihydropyridines is 1. The molecule has 0 saturated heterocycles. The zero-order valence-corrected chi connectivity index (χ0v) is 22.5. The number of nitrogens with one attached hydrogen (secondary N) is 2. The van der Waals surface area contributed by atoms with Gasteiger partial charge in [0.05, 0.1) is 72.4 Å². The number of benzene rings is 2. The summed E-state index contributed by atoms with van der Waals surface area (Å²) in [6, 6.07) is 20.0. The second kappa shape index (κ2) is 12.8. The monoisotopic (exact) mass is 545 g/mol. The Morgan fingerprint density at radius 1 is 1.10 bits per heavy atom. The van der Waals surface area contributed by atoms with E-state index in [9.17, 15) is 14.9 Å². The largest absolute Gasteiger partial charge is 0.497 e. The minimum atomic E-state index is -0.826. The Bertz CT molecular complexity index is 1440. The minimum Gasteiger partial charge on any atom is -0.497 e. The van der Waals surface area contributed by atoms with Crippen molar-refractivity contribution in [1.82, 2.24) is 5.32 Å². The Hall–Kier alpha value is -4.62. The number of thioether (sulfide) groups is 1. The van der Waals surface area contributed by atoms with Crippen molar-refractivity contribution in [1.29, 1.82) is 5.26 Å². The maximum Gasteiger partial charge on any atom is 0.337 e. The van der Waals surface area contributed by atoms with E-state index in [1.165, 1.54) is 13.4 Å². The smallest absolute Gasteiger partial charge is 0.337 e. The van der Waals surface area contributed by atoms with Crippen molar-refractivity contribution in [2.75, 3.05) is 31.9 Å². The zero-order valence-electron chi connectivity index (χ0n) is 21.6. The second-order valence-corrected chi connectivity index (χ2v) is 9.19. The van der Waals surface area contributed by atoms with E-state index in [1.54, 1.807) is 44.4 Å². The lowest BCUT2D eigenvalue weighted by Gasteiger charge is -2.29. The number of esters is 1. The lowest BCUT2D eigenvalue weighted by atomic mass is 9.84. The van der Waals surface area contributed by atoms with Crippen LogP contribution in [0.25, 0.3) is 5.70 Å². The summed E-state index contributed by atoms with van der Waals surface area (Å²) in [5, 5.41) is 16.7. The van der Waals surface area contributed by atoms with Crippen LogP contribution < -0.4 is 20.1 Å². The molecule has 0 fully saturated rings. The van der Waals surface area contributed by atoms with Crippen LogP contribution in [0.15, 0.2) is 87.5 Å². The first-order chi connectivity index (χ1) is 19.0. The number of carbonyl (C=O) groups is 2. The number of furan rings is 1. The van der Waals surface area contributed by atoms with Crippen LogP contribution >= 0.6 is 11.8 Å². The van der Waals surface area contributed by atoms with Crippen LogP contribution in [0.4, 0.5) is 5.69 Å². The van der Waals surface area contributed by atoms with E-state index in [0.717, 1.165) is 17.3 Å². The number of anilines is 1. The van der Waals surface area contributed by atoms with E-state index >= 15 is 0 Å². The van der Waals surface area contributed by atoms with Crippen LogP contribution in [0.3, 0.4) is 0 Å². The SMILES string of the molecule is CCOC(=O)C1=C(c2ccccc2)NC(SCC(=O)Nc2ccc(OC)cc2OC)=C(C#N)[C@@H]1c1ccco1. The van der Waals surface area contributed by atoms with E-state index < -0.39 is 11.9 Å². The summed E-state index contributed by atoms with van der Waals surface area (Å²) >= 11 is 1.15. The third-order valence-electron chi connectivity index (χ3n) is 5.87. The van der Waals surface area contributed by atoms with Gasteiger partial charge in [-0.2, -0.15) is 5.26 Å². The number of ether oxygens (including phenoxy) is 3. The van der Waals surface area contributed by atoms with Crippen molar-refractivity contribution in [3.05, 3.63) is 94.4 Å². The van der Waals surface area contributed by atoms with Gasteiger partial charge in [0.2, 0.25) is 5.91 Å². The van der Waals surface area contributed by atoms with Crippen LogP contribution in [0, 0.1) is 11.3 Å². The molecule has 200 valence electrons. The molecule has 1 aromatic heterocycles. The molecule has 1 amide bonds. The van der Waals surface area contributed by atoms with Gasteiger partial charge in [-0.1, -0.05) is 42.1 Å². The number of amides is 1. The number of hydrogen-bond acceptors (Lipinski definition) is 9. The summed E-state index contributed by atoms with van der Waals surface area (Å²) in [7, 11) is 3.05. The van der Waals surface area contributed by atoms with Gasteiger partial charge in [-0.3, -0.25) is 4.79 Å². The lowest BCUT2D eigenvalue weighted by molar-refractivity contribution is -0.138. The lowest BCUT2D eigenvalue weighted by Crippen LogP contribution is -2.29. The molecule has 0 radical (unpaired) electrons. The number of nitriles is 1. The Kier molecular flexibility index (Phi) is 8.97. The first-order valence-corrected chi connectivity index (χ1v) is 13.0. The van der Waals surface area contributed by atoms with Crippen LogP contribution in [0.2, 0.25) is 0 Å². The number of rotatable bonds is 10. The first kappa shape index (κ1) is 27.4. The van der Waals surface area contributed by atoms with Gasteiger partial charge in [-0.05, 0) is 36.8 Å². The molecule has 0 bridgehead atoms. The van der Waals surface area contributed by atoms with E-state index in [1.807, 2.05) is 30.3 Å². The molecule has 0 saturated carbocycles. The van der Waals surface area contributed by atoms with Crippen LogP contribution in [-0.4, -0.2) is 38.5 Å². The van der Waals surface area contributed by atoms with Gasteiger partial charge in [0.1, 0.15) is 17.3 Å². The fourth-order valence-corrected chi connectivity index (χ4v) is 4.97. The van der Waals surface area contributed by atoms with E-state index in [4.69, 9.17) is 18.6 Å². The van der Waals surface area contributed by atoms with Crippen molar-refractivity contribution in [2.24, 2.45) is 0 Å². The molecule has 0 aliphatic carbocycles. The third-order valence-corrected chi connectivity index (χ3v) is 6.88. The van der Waals surface area contributed by atoms with Crippen LogP contribution in [0.1, 0.15) is 24.2 Å². The highest BCUT2D eigenvalue weighted by Gasteiger charge is 2.39. The van der Waals surface area contributed by atoms with E-state index in [0.29, 0.717) is 33.7 Å². The molecule has 1 aliphatic heterocycles. The maximum absolute atomic E-state index is 13.2. The number of nitrogens with zero attached hydrogens (tertiary/aromatic N) is 1. The molecule has 2 N–H and O–H groups in total. The summed E-state index contributed by atoms with van der Waals surface area (Å²) < 4.78 is 21.6. The van der Waals surface area contributed by atoms with Crippen LogP contribution in [0.5, 0.6) is 11.5 Å². The number of carbonyl (C=O) groups excluding carboxylic acids is 2. The Balaban J connectivity index is 1.68.